The third-order valence-electron chi connectivity index (χ3n) is 3.15. The number of carboxylic acid groups (broad SMARTS) is 1. The number of rotatable bonds is 11. The summed E-state index contributed by atoms with van der Waals surface area (Å²) in [5.74, 6) is -1.73. The zero-order valence-electron chi connectivity index (χ0n) is 11.0. The van der Waals surface area contributed by atoms with Crippen LogP contribution in [0, 0.1) is 5.92 Å². The van der Waals surface area contributed by atoms with Crippen molar-refractivity contribution in [2.24, 2.45) is 11.7 Å². The van der Waals surface area contributed by atoms with Gasteiger partial charge in [-0.05, 0) is 17.5 Å². The topological polar surface area (TPSA) is 101 Å². The van der Waals surface area contributed by atoms with Gasteiger partial charge in [-0.25, -0.2) is 0 Å². The first kappa shape index (κ1) is 17.5. The molecule has 0 rings (SSSR count). The van der Waals surface area contributed by atoms with E-state index in [9.17, 15) is 14.3 Å². The molecule has 0 saturated carbocycles. The van der Waals surface area contributed by atoms with E-state index in [1.54, 1.807) is 0 Å². The van der Waals surface area contributed by atoms with Gasteiger partial charge < -0.3 is 10.8 Å². The van der Waals surface area contributed by atoms with Gasteiger partial charge in [-0.2, -0.15) is 4.89 Å². The number of carboxylic acids is 1. The third kappa shape index (κ3) is 7.04. The third-order valence-corrected chi connectivity index (χ3v) is 4.33. The van der Waals surface area contributed by atoms with Crippen LogP contribution >= 0.6 is 8.03 Å². The average Bonchev–Trinajstić information content (AvgIpc) is 2.31. The molecule has 0 aliphatic heterocycles. The van der Waals surface area contributed by atoms with Crippen molar-refractivity contribution in [3.63, 3.8) is 0 Å². The lowest BCUT2D eigenvalue weighted by molar-refractivity contribution is -0.142. The highest BCUT2D eigenvalue weighted by molar-refractivity contribution is 7.39. The molecule has 0 fully saturated rings. The average molecular weight is 278 g/mol. The van der Waals surface area contributed by atoms with Crippen molar-refractivity contribution >= 4 is 14.0 Å². The van der Waals surface area contributed by atoms with Gasteiger partial charge in [0.05, 0.1) is 0 Å². The Balaban J connectivity index is 4.26. The lowest BCUT2D eigenvalue weighted by Crippen LogP contribution is -2.28. The first-order valence-electron chi connectivity index (χ1n) is 6.62. The van der Waals surface area contributed by atoms with Crippen LogP contribution in [0.1, 0.15) is 51.9 Å². The Kier molecular flexibility index (Phi) is 10.1. The Hall–Kier alpha value is -0.510. The van der Waals surface area contributed by atoms with Crippen LogP contribution in [0.15, 0.2) is 0 Å². The molecule has 0 saturated heterocycles. The molecular weight excluding hydrogens is 253 g/mol. The van der Waals surface area contributed by atoms with Gasteiger partial charge in [0.25, 0.3) is 0 Å². The van der Waals surface area contributed by atoms with Crippen LogP contribution in [0.4, 0.5) is 0 Å². The van der Waals surface area contributed by atoms with E-state index < -0.39 is 25.6 Å². The number of hydrogen-bond donors (Lipinski definition) is 3. The van der Waals surface area contributed by atoms with Crippen molar-refractivity contribution in [1.29, 1.82) is 0 Å². The molecule has 5 nitrogen and oxygen atoms in total. The maximum absolute atomic E-state index is 11.2. The van der Waals surface area contributed by atoms with Gasteiger partial charge in [0.2, 0.25) is 5.66 Å². The highest BCUT2D eigenvalue weighted by Gasteiger charge is 2.40. The van der Waals surface area contributed by atoms with Crippen LogP contribution in [0.5, 0.6) is 0 Å². The highest BCUT2D eigenvalue weighted by Crippen LogP contribution is 2.34. The molecule has 0 aromatic carbocycles. The second-order valence-corrected chi connectivity index (χ2v) is 5.86. The Bertz CT molecular complexity index is 260. The van der Waals surface area contributed by atoms with Crippen molar-refractivity contribution in [3.8, 4) is 0 Å². The van der Waals surface area contributed by atoms with E-state index in [0.29, 0.717) is 6.42 Å². The van der Waals surface area contributed by atoms with Crippen LogP contribution in [0.2, 0.25) is 0 Å². The summed E-state index contributed by atoms with van der Waals surface area (Å²) >= 11 is 0. The number of hydrogen-bond acceptors (Lipinski definition) is 3. The fraction of sp³-hybridized carbons (Fsp3) is 0.917. The van der Waals surface area contributed by atoms with E-state index in [1.165, 1.54) is 0 Å². The fourth-order valence-electron chi connectivity index (χ4n) is 2.08. The Morgan fingerprint density at radius 3 is 2.28 bits per heavy atom. The number of unbranched alkanes of at least 4 members (excludes halogenated alkanes) is 4. The Labute approximate surface area is 110 Å². The second kappa shape index (κ2) is 10.4. The summed E-state index contributed by atoms with van der Waals surface area (Å²) in [6.07, 6.45) is 5.91. The van der Waals surface area contributed by atoms with E-state index in [2.05, 4.69) is 6.92 Å². The standard InChI is InChI=1S/C12H24NO4P/c1-2-3-4-5-6-7-10(12(14)15)11(8-9-13)18(16)17/h10-11H,2-9,13H2,1H3,(H-,14,15,16,17)/p+1. The monoisotopic (exact) mass is 278 g/mol. The predicted octanol–water partition coefficient (Wildman–Crippen LogP) is 2.50. The molecular formula is C12H25NO4P+. The zero-order chi connectivity index (χ0) is 14.0. The van der Waals surface area contributed by atoms with Crippen molar-refractivity contribution in [2.45, 2.75) is 57.5 Å². The first-order valence-corrected chi connectivity index (χ1v) is 7.90. The summed E-state index contributed by atoms with van der Waals surface area (Å²) in [6.45, 7) is 2.36. The van der Waals surface area contributed by atoms with Gasteiger partial charge in [0.15, 0.2) is 0 Å². The highest BCUT2D eigenvalue weighted by atomic mass is 31.1. The van der Waals surface area contributed by atoms with Gasteiger partial charge in [0.1, 0.15) is 5.92 Å². The molecule has 0 bridgehead atoms. The first-order chi connectivity index (χ1) is 8.54. The molecule has 0 aromatic heterocycles. The lowest BCUT2D eigenvalue weighted by atomic mass is 9.95. The Morgan fingerprint density at radius 2 is 1.83 bits per heavy atom. The molecule has 4 N–H and O–H groups in total. The summed E-state index contributed by atoms with van der Waals surface area (Å²) in [5.41, 5.74) is 4.65. The SMILES string of the molecule is CCCCCCCC(C(=O)O)C(CCN)[P+](=O)O. The van der Waals surface area contributed by atoms with Gasteiger partial charge in [-0.15, -0.1) is 0 Å². The minimum Gasteiger partial charge on any atom is -0.481 e. The Morgan fingerprint density at radius 1 is 1.22 bits per heavy atom. The van der Waals surface area contributed by atoms with Crippen LogP contribution < -0.4 is 5.73 Å². The molecule has 0 spiro atoms. The molecule has 0 heterocycles. The quantitative estimate of drug-likeness (QED) is 0.398. The second-order valence-electron chi connectivity index (χ2n) is 4.59. The van der Waals surface area contributed by atoms with Crippen molar-refractivity contribution < 1.29 is 19.4 Å². The van der Waals surface area contributed by atoms with Gasteiger partial charge in [-0.3, -0.25) is 4.79 Å². The molecule has 6 heteroatoms. The van der Waals surface area contributed by atoms with Gasteiger partial charge in [0, 0.05) is 6.42 Å². The van der Waals surface area contributed by atoms with Crippen LogP contribution in [0.25, 0.3) is 0 Å². The van der Waals surface area contributed by atoms with E-state index in [-0.39, 0.29) is 13.0 Å². The van der Waals surface area contributed by atoms with Crippen LogP contribution in [-0.2, 0) is 9.36 Å². The molecule has 3 unspecified atom stereocenters. The van der Waals surface area contributed by atoms with E-state index in [1.807, 2.05) is 0 Å². The maximum Gasteiger partial charge on any atom is 0.509 e. The molecule has 0 aliphatic carbocycles. The predicted molar refractivity (Wildman–Crippen MR) is 71.8 cm³/mol. The van der Waals surface area contributed by atoms with E-state index >= 15 is 0 Å². The smallest absolute Gasteiger partial charge is 0.481 e. The van der Waals surface area contributed by atoms with Gasteiger partial charge in [-0.1, -0.05) is 39.0 Å². The molecule has 0 radical (unpaired) electrons. The fourth-order valence-corrected chi connectivity index (χ4v) is 3.04. The van der Waals surface area contributed by atoms with Crippen LogP contribution in [-0.4, -0.2) is 28.2 Å². The number of nitrogens with two attached hydrogens (primary N) is 1. The van der Waals surface area contributed by atoms with Crippen molar-refractivity contribution in [2.75, 3.05) is 6.54 Å². The van der Waals surface area contributed by atoms with Crippen molar-refractivity contribution in [1.82, 2.24) is 0 Å². The van der Waals surface area contributed by atoms with E-state index in [4.69, 9.17) is 10.8 Å². The van der Waals surface area contributed by atoms with Crippen LogP contribution in [0.3, 0.4) is 0 Å². The zero-order valence-corrected chi connectivity index (χ0v) is 11.9. The normalized spacial score (nSPS) is 15.2. The minimum absolute atomic E-state index is 0.242. The molecule has 18 heavy (non-hydrogen) atoms. The number of aliphatic carboxylic acids is 1. The van der Waals surface area contributed by atoms with Gasteiger partial charge >= 0.3 is 14.0 Å². The number of carbonyl (C=O) groups is 1. The minimum atomic E-state index is -2.48. The molecule has 106 valence electrons. The molecule has 0 amide bonds. The summed E-state index contributed by atoms with van der Waals surface area (Å²) < 4.78 is 11.2. The largest absolute Gasteiger partial charge is 0.509 e. The summed E-state index contributed by atoms with van der Waals surface area (Å²) in [7, 11) is -2.48. The summed E-state index contributed by atoms with van der Waals surface area (Å²) in [5, 5.41) is 9.14. The lowest BCUT2D eigenvalue weighted by Gasteiger charge is -2.13. The summed E-state index contributed by atoms with van der Waals surface area (Å²) in [6, 6.07) is 0. The molecule has 3 atom stereocenters. The molecule has 0 aliphatic rings. The van der Waals surface area contributed by atoms with E-state index in [0.717, 1.165) is 32.1 Å². The van der Waals surface area contributed by atoms with Crippen molar-refractivity contribution in [3.05, 3.63) is 0 Å². The molecule has 0 aromatic rings. The maximum atomic E-state index is 11.2. The summed E-state index contributed by atoms with van der Waals surface area (Å²) in [4.78, 5) is 20.4.